The van der Waals surface area contributed by atoms with Crippen LogP contribution < -0.4 is 14.3 Å². The van der Waals surface area contributed by atoms with E-state index < -0.39 is 22.2 Å². The molecule has 0 bridgehead atoms. The lowest BCUT2D eigenvalue weighted by molar-refractivity contribution is -0.117. The lowest BCUT2D eigenvalue weighted by Crippen LogP contribution is -2.29. The zero-order chi connectivity index (χ0) is 35.4. The molecule has 0 atom stereocenters. The van der Waals surface area contributed by atoms with Gasteiger partial charge in [0.1, 0.15) is 12.4 Å². The van der Waals surface area contributed by atoms with Gasteiger partial charge in [-0.25, -0.2) is 18.8 Å². The normalized spacial score (nSPS) is 13.9. The summed E-state index contributed by atoms with van der Waals surface area (Å²) < 4.78 is 34.8. The van der Waals surface area contributed by atoms with Crippen molar-refractivity contribution in [3.8, 4) is 22.4 Å². The Hall–Kier alpha value is -5.10. The van der Waals surface area contributed by atoms with Crippen LogP contribution in [0.5, 0.6) is 0 Å². The number of benzene rings is 4. The number of nitrogens with one attached hydrogen (secondary N) is 2. The summed E-state index contributed by atoms with van der Waals surface area (Å²) in [4.78, 5) is 28.7. The molecule has 6 rings (SSSR count). The van der Waals surface area contributed by atoms with Crippen LogP contribution in [0.1, 0.15) is 30.8 Å². The minimum Gasteiger partial charge on any atom is -0.449 e. The van der Waals surface area contributed by atoms with Gasteiger partial charge >= 0.3 is 16.3 Å². The number of amides is 2. The molecule has 0 spiro atoms. The fourth-order valence-electron chi connectivity index (χ4n) is 5.29. The number of rotatable bonds is 10. The average molecular weight is 731 g/mol. The van der Waals surface area contributed by atoms with Crippen molar-refractivity contribution in [3.05, 3.63) is 124 Å². The van der Waals surface area contributed by atoms with Crippen LogP contribution in [0, 0.1) is 5.92 Å². The van der Waals surface area contributed by atoms with Crippen molar-refractivity contribution < 1.29 is 22.7 Å². The highest BCUT2D eigenvalue weighted by atomic mass is 35.5. The maximum absolute atomic E-state index is 12.3. The van der Waals surface area contributed by atoms with Crippen LogP contribution in [0.15, 0.2) is 97.2 Å². The quantitative estimate of drug-likeness (QED) is 0.150. The maximum atomic E-state index is 12.3. The third-order valence-corrected chi connectivity index (χ3v) is 9.69. The molecule has 5 aromatic rings. The summed E-state index contributed by atoms with van der Waals surface area (Å²) in [6.45, 7) is 4.47. The summed E-state index contributed by atoms with van der Waals surface area (Å²) in [5, 5.41) is 3.77. The van der Waals surface area contributed by atoms with Crippen molar-refractivity contribution in [1.29, 1.82) is 0 Å². The van der Waals surface area contributed by atoms with E-state index in [4.69, 9.17) is 32.9 Å². The highest BCUT2D eigenvalue weighted by molar-refractivity contribution is 7.92. The number of nitrogens with zero attached hydrogens (tertiary/aromatic N) is 3. The molecule has 256 valence electrons. The van der Waals surface area contributed by atoms with Gasteiger partial charge < -0.3 is 9.30 Å². The summed E-state index contributed by atoms with van der Waals surface area (Å²) in [7, 11) is -3.90. The van der Waals surface area contributed by atoms with E-state index in [-0.39, 0.29) is 12.5 Å². The first kappa shape index (κ1) is 34.8. The molecular weight excluding hydrogens is 697 g/mol. The Labute approximate surface area is 300 Å². The molecule has 4 aromatic carbocycles. The lowest BCUT2D eigenvalue weighted by atomic mass is 10.0. The molecule has 1 aliphatic rings. The SMILES string of the molecule is CC(C)COC(=O)Nc1cccc(-c2ccc(/C=C/c3nc(-c4ccc(Cl)cc4Cl)cn3Cc3ccc(N4CC(=O)NS4(=O)=O)cc3)cc2)c1. The van der Waals surface area contributed by atoms with Crippen LogP contribution in [0.25, 0.3) is 34.5 Å². The predicted octanol–water partition coefficient (Wildman–Crippen LogP) is 8.13. The molecule has 0 saturated carbocycles. The third-order valence-electron chi connectivity index (χ3n) is 7.74. The molecule has 50 heavy (non-hydrogen) atoms. The average Bonchev–Trinajstić information content (AvgIpc) is 3.60. The first-order valence-electron chi connectivity index (χ1n) is 15.7. The molecule has 13 heteroatoms. The fourth-order valence-corrected chi connectivity index (χ4v) is 6.94. The molecule has 1 fully saturated rings. The molecule has 1 aliphatic heterocycles. The zero-order valence-corrected chi connectivity index (χ0v) is 29.5. The topological polar surface area (TPSA) is 123 Å². The second kappa shape index (κ2) is 14.8. The van der Waals surface area contributed by atoms with Crippen LogP contribution in [0.2, 0.25) is 10.0 Å². The highest BCUT2D eigenvalue weighted by Crippen LogP contribution is 2.31. The van der Waals surface area contributed by atoms with Crippen molar-refractivity contribution in [2.45, 2.75) is 20.4 Å². The maximum Gasteiger partial charge on any atom is 0.411 e. The number of hydrogen-bond acceptors (Lipinski definition) is 6. The second-order valence-electron chi connectivity index (χ2n) is 12.1. The summed E-state index contributed by atoms with van der Waals surface area (Å²) in [6, 6.07) is 27.8. The molecule has 0 aliphatic carbocycles. The van der Waals surface area contributed by atoms with E-state index in [2.05, 4.69) is 5.32 Å². The Kier molecular flexibility index (Phi) is 10.3. The van der Waals surface area contributed by atoms with Gasteiger partial charge in [0.05, 0.1) is 23.0 Å². The van der Waals surface area contributed by atoms with Crippen molar-refractivity contribution in [2.24, 2.45) is 5.92 Å². The Morgan fingerprint density at radius 1 is 0.980 bits per heavy atom. The highest BCUT2D eigenvalue weighted by Gasteiger charge is 2.33. The first-order valence-corrected chi connectivity index (χ1v) is 17.9. The molecule has 1 saturated heterocycles. The summed E-state index contributed by atoms with van der Waals surface area (Å²) in [5.41, 5.74) is 6.18. The Balaban J connectivity index is 1.22. The van der Waals surface area contributed by atoms with Crippen LogP contribution in [0.3, 0.4) is 0 Å². The Morgan fingerprint density at radius 2 is 1.74 bits per heavy atom. The molecule has 0 unspecified atom stereocenters. The van der Waals surface area contributed by atoms with Crippen LogP contribution in [0.4, 0.5) is 16.2 Å². The fraction of sp³-hybridized carbons (Fsp3) is 0.162. The second-order valence-corrected chi connectivity index (χ2v) is 14.5. The molecule has 0 radical (unpaired) electrons. The Bertz CT molecular complexity index is 2180. The summed E-state index contributed by atoms with van der Waals surface area (Å²) in [5.74, 6) is 0.340. The predicted molar refractivity (Wildman–Crippen MR) is 198 cm³/mol. The minimum atomic E-state index is -3.90. The number of anilines is 2. The van der Waals surface area contributed by atoms with Gasteiger partial charge in [0.15, 0.2) is 0 Å². The number of carbonyl (C=O) groups is 2. The standard InChI is InChI=1S/C37H33Cl2N5O5S/c1-24(2)23-49-37(46)40-30-5-3-4-28(18-30)27-11-6-25(7-12-27)10-17-35-41-34(32-16-13-29(38)19-33(32)39)21-43(35)20-26-8-14-31(15-9-26)44-22-36(45)42-50(44,47)48/h3-19,21,24H,20,22-23H2,1-2H3,(H,40,46)(H,42,45)/b17-10+. The molecule has 2 N–H and O–H groups in total. The number of hydrogen-bond donors (Lipinski definition) is 2. The van der Waals surface area contributed by atoms with Gasteiger partial charge in [-0.05, 0) is 76.7 Å². The largest absolute Gasteiger partial charge is 0.449 e. The summed E-state index contributed by atoms with van der Waals surface area (Å²) in [6.07, 6.45) is 5.29. The van der Waals surface area contributed by atoms with Gasteiger partial charge in [0, 0.05) is 29.0 Å². The van der Waals surface area contributed by atoms with Crippen molar-refractivity contribution in [3.63, 3.8) is 0 Å². The van der Waals surface area contributed by atoms with E-state index in [0.29, 0.717) is 46.1 Å². The van der Waals surface area contributed by atoms with E-state index in [1.54, 1.807) is 24.3 Å². The van der Waals surface area contributed by atoms with E-state index in [1.165, 1.54) is 0 Å². The van der Waals surface area contributed by atoms with Crippen LogP contribution >= 0.6 is 23.2 Å². The van der Waals surface area contributed by atoms with Crippen LogP contribution in [-0.4, -0.2) is 43.1 Å². The molecule has 2 heterocycles. The summed E-state index contributed by atoms with van der Waals surface area (Å²) >= 11 is 12.7. The van der Waals surface area contributed by atoms with Gasteiger partial charge in [-0.2, -0.15) is 8.42 Å². The van der Waals surface area contributed by atoms with Crippen molar-refractivity contribution >= 4 is 68.9 Å². The number of aromatic nitrogens is 2. The molecule has 10 nitrogen and oxygen atoms in total. The first-order chi connectivity index (χ1) is 23.9. The third kappa shape index (κ3) is 8.36. The number of halogens is 2. The molecule has 2 amide bonds. The van der Waals surface area contributed by atoms with Gasteiger partial charge in [0.2, 0.25) is 0 Å². The zero-order valence-electron chi connectivity index (χ0n) is 27.1. The lowest BCUT2D eigenvalue weighted by Gasteiger charge is -2.15. The van der Waals surface area contributed by atoms with E-state index in [9.17, 15) is 18.0 Å². The number of imidazole rings is 1. The van der Waals surface area contributed by atoms with Gasteiger partial charge in [-0.3, -0.25) is 10.1 Å². The monoisotopic (exact) mass is 729 g/mol. The number of carbonyl (C=O) groups excluding carboxylic acids is 2. The van der Waals surface area contributed by atoms with E-state index in [0.717, 1.165) is 32.1 Å². The van der Waals surface area contributed by atoms with Crippen molar-refractivity contribution in [2.75, 3.05) is 22.8 Å². The van der Waals surface area contributed by atoms with Gasteiger partial charge in [-0.1, -0.05) is 91.7 Å². The number of ether oxygens (including phenoxy) is 1. The molecular formula is C37H33Cl2N5O5S. The van der Waals surface area contributed by atoms with E-state index in [1.807, 2.05) is 108 Å². The smallest absolute Gasteiger partial charge is 0.411 e. The van der Waals surface area contributed by atoms with Gasteiger partial charge in [0.25, 0.3) is 5.91 Å². The van der Waals surface area contributed by atoms with Gasteiger partial charge in [-0.15, -0.1) is 0 Å². The van der Waals surface area contributed by atoms with Crippen molar-refractivity contribution in [1.82, 2.24) is 14.3 Å². The Morgan fingerprint density at radius 3 is 2.42 bits per heavy atom. The van der Waals surface area contributed by atoms with E-state index >= 15 is 0 Å². The molecule has 1 aromatic heterocycles. The van der Waals surface area contributed by atoms with Crippen LogP contribution in [-0.2, 0) is 26.3 Å². The minimum absolute atomic E-state index is 0.249.